The first-order valence-corrected chi connectivity index (χ1v) is 16.9. The predicted octanol–water partition coefficient (Wildman–Crippen LogP) is 11.2. The van der Waals surface area contributed by atoms with E-state index in [0.717, 1.165) is 66.8 Å². The molecular formula is C43H35N5O. The molecule has 49 heavy (non-hydrogen) atoms. The number of para-hydroxylation sites is 1. The van der Waals surface area contributed by atoms with Crippen LogP contribution in [0.1, 0.15) is 50.7 Å². The van der Waals surface area contributed by atoms with Crippen molar-refractivity contribution in [2.75, 3.05) is 0 Å². The molecule has 0 N–H and O–H groups in total. The lowest BCUT2D eigenvalue weighted by Crippen LogP contribution is -2.02. The van der Waals surface area contributed by atoms with Gasteiger partial charge in [0.15, 0.2) is 0 Å². The second-order valence-electron chi connectivity index (χ2n) is 13.3. The van der Waals surface area contributed by atoms with Crippen molar-refractivity contribution in [3.05, 3.63) is 139 Å². The number of nitrogens with zero attached hydrogens (tertiary/aromatic N) is 5. The highest BCUT2D eigenvalue weighted by atomic mass is 16.5. The van der Waals surface area contributed by atoms with E-state index in [1.807, 2.05) is 55.1 Å². The number of pyridine rings is 3. The van der Waals surface area contributed by atoms with Crippen LogP contribution in [0, 0.1) is 0 Å². The van der Waals surface area contributed by atoms with E-state index in [2.05, 4.69) is 119 Å². The van der Waals surface area contributed by atoms with E-state index in [1.165, 1.54) is 22.1 Å². The zero-order chi connectivity index (χ0) is 33.2. The van der Waals surface area contributed by atoms with E-state index in [4.69, 9.17) is 9.72 Å². The minimum Gasteiger partial charge on any atom is -0.457 e. The zero-order valence-corrected chi connectivity index (χ0v) is 27.9. The molecule has 0 amide bonds. The first kappa shape index (κ1) is 29.2. The first-order chi connectivity index (χ1) is 24.0. The smallest absolute Gasteiger partial charge is 0.145 e. The van der Waals surface area contributed by atoms with Crippen molar-refractivity contribution < 1.29 is 4.74 Å². The molecule has 0 radical (unpaired) electrons. The maximum absolute atomic E-state index is 6.65. The number of imidazole rings is 1. The van der Waals surface area contributed by atoms with Crippen LogP contribution in [0.5, 0.6) is 11.5 Å². The van der Waals surface area contributed by atoms with Gasteiger partial charge in [0.2, 0.25) is 0 Å². The highest BCUT2D eigenvalue weighted by molar-refractivity contribution is 6.13. The summed E-state index contributed by atoms with van der Waals surface area (Å²) in [7, 11) is 0. The predicted molar refractivity (Wildman–Crippen MR) is 200 cm³/mol. The van der Waals surface area contributed by atoms with E-state index in [1.54, 1.807) is 0 Å². The van der Waals surface area contributed by atoms with E-state index < -0.39 is 0 Å². The Balaban J connectivity index is 1.23. The fourth-order valence-electron chi connectivity index (χ4n) is 7.49. The second-order valence-corrected chi connectivity index (χ2v) is 13.3. The number of fused-ring (bicyclic) bond motifs is 9. The number of benzene rings is 4. The molecule has 0 aliphatic carbocycles. The first-order valence-electron chi connectivity index (χ1n) is 16.9. The van der Waals surface area contributed by atoms with Gasteiger partial charge < -0.3 is 4.74 Å². The van der Waals surface area contributed by atoms with Gasteiger partial charge in [-0.2, -0.15) is 0 Å². The van der Waals surface area contributed by atoms with Crippen molar-refractivity contribution in [3.8, 4) is 28.6 Å². The molecule has 0 atom stereocenters. The van der Waals surface area contributed by atoms with Crippen LogP contribution in [0.15, 0.2) is 128 Å². The lowest BCUT2D eigenvalue weighted by molar-refractivity contribution is 0.484. The number of hydrogen-bond donors (Lipinski definition) is 0. The minimum absolute atomic E-state index is 0.362. The van der Waals surface area contributed by atoms with Gasteiger partial charge in [-0.25, -0.2) is 9.97 Å². The van der Waals surface area contributed by atoms with E-state index in [9.17, 15) is 0 Å². The Bertz CT molecular complexity index is 2680. The number of rotatable bonds is 6. The summed E-state index contributed by atoms with van der Waals surface area (Å²) in [6.45, 7) is 9.06. The maximum atomic E-state index is 6.65. The highest BCUT2D eigenvalue weighted by Gasteiger charge is 2.22. The van der Waals surface area contributed by atoms with Gasteiger partial charge in [0.1, 0.15) is 23.0 Å². The Labute approximate surface area is 284 Å². The summed E-state index contributed by atoms with van der Waals surface area (Å²) in [6, 6.07) is 35.8. The summed E-state index contributed by atoms with van der Waals surface area (Å²) >= 11 is 0. The lowest BCUT2D eigenvalue weighted by atomic mass is 9.87. The quantitative estimate of drug-likeness (QED) is 0.170. The lowest BCUT2D eigenvalue weighted by Gasteiger charge is -2.20. The van der Waals surface area contributed by atoms with Crippen LogP contribution < -0.4 is 4.74 Å². The average molecular weight is 638 g/mol. The number of ether oxygens (including phenoxy) is 1. The summed E-state index contributed by atoms with van der Waals surface area (Å²) < 4.78 is 11.2. The molecule has 238 valence electrons. The fourth-order valence-corrected chi connectivity index (χ4v) is 7.49. The molecule has 0 saturated heterocycles. The van der Waals surface area contributed by atoms with Gasteiger partial charge in [-0.15, -0.1) is 0 Å². The van der Waals surface area contributed by atoms with Crippen molar-refractivity contribution in [3.63, 3.8) is 0 Å². The molecule has 5 heterocycles. The van der Waals surface area contributed by atoms with Crippen LogP contribution >= 0.6 is 0 Å². The highest BCUT2D eigenvalue weighted by Crippen LogP contribution is 2.41. The van der Waals surface area contributed by atoms with E-state index >= 15 is 0 Å². The molecule has 5 aromatic heterocycles. The zero-order valence-electron chi connectivity index (χ0n) is 27.9. The fraction of sp³-hybridized carbons (Fsp3) is 0.140. The Morgan fingerprint density at radius 2 is 1.29 bits per heavy atom. The van der Waals surface area contributed by atoms with Crippen LogP contribution in [-0.2, 0) is 0 Å². The minimum atomic E-state index is 0.362. The molecule has 9 aromatic rings. The third-order valence-corrected chi connectivity index (χ3v) is 9.71. The van der Waals surface area contributed by atoms with Crippen LogP contribution in [0.3, 0.4) is 0 Å². The SMILES string of the molecule is CC(C)c1cccc(C(C)C)c1-c1cnc2c3cc(Oc4ccc5c6ccccc6n(-c6ccccn6)c5c4)ccc3c3cnccc3n12. The monoisotopic (exact) mass is 637 g/mol. The van der Waals surface area contributed by atoms with Gasteiger partial charge in [-0.1, -0.05) is 70.2 Å². The Kier molecular flexibility index (Phi) is 6.73. The summed E-state index contributed by atoms with van der Waals surface area (Å²) in [6.07, 6.45) is 7.70. The summed E-state index contributed by atoms with van der Waals surface area (Å²) in [4.78, 5) is 14.3. The molecule has 6 heteroatoms. The van der Waals surface area contributed by atoms with Crippen molar-refractivity contribution >= 4 is 49.1 Å². The molecule has 6 nitrogen and oxygen atoms in total. The van der Waals surface area contributed by atoms with E-state index in [0.29, 0.717) is 11.8 Å². The molecule has 0 fully saturated rings. The third kappa shape index (κ3) is 4.59. The standard InChI is InChI=1S/C43H35N5O/c1-26(2)30-11-9-12-31(27(3)4)42(30)40-25-46-43-35-22-28(15-17-32(35)36-24-44-21-19-38(36)48(40)43)49-29-16-18-34-33-10-5-6-13-37(33)47(39(34)23-29)41-14-7-8-20-45-41/h5-27H,1-4H3. The molecule has 0 aliphatic rings. The van der Waals surface area contributed by atoms with Gasteiger partial charge in [0.05, 0.1) is 28.4 Å². The van der Waals surface area contributed by atoms with Crippen LogP contribution in [0.2, 0.25) is 0 Å². The van der Waals surface area contributed by atoms with Crippen molar-refractivity contribution in [2.45, 2.75) is 39.5 Å². The van der Waals surface area contributed by atoms with E-state index in [-0.39, 0.29) is 0 Å². The van der Waals surface area contributed by atoms with Gasteiger partial charge in [-0.3, -0.25) is 14.0 Å². The van der Waals surface area contributed by atoms with Crippen molar-refractivity contribution in [1.82, 2.24) is 23.9 Å². The maximum Gasteiger partial charge on any atom is 0.145 e. The molecule has 0 aliphatic heterocycles. The molecule has 0 spiro atoms. The second kappa shape index (κ2) is 11.3. The molecule has 0 unspecified atom stereocenters. The number of aromatic nitrogens is 5. The Morgan fingerprint density at radius 3 is 2.06 bits per heavy atom. The van der Waals surface area contributed by atoms with Gasteiger partial charge in [0, 0.05) is 51.8 Å². The molecule has 0 bridgehead atoms. The largest absolute Gasteiger partial charge is 0.457 e. The van der Waals surface area contributed by atoms with Crippen LogP contribution in [0.25, 0.3) is 66.2 Å². The normalized spacial score (nSPS) is 12.0. The van der Waals surface area contributed by atoms with Gasteiger partial charge in [-0.05, 0) is 82.9 Å². The Hall–Kier alpha value is -6.01. The molecule has 4 aromatic carbocycles. The van der Waals surface area contributed by atoms with Crippen molar-refractivity contribution in [1.29, 1.82) is 0 Å². The third-order valence-electron chi connectivity index (χ3n) is 9.71. The number of hydrogen-bond acceptors (Lipinski definition) is 4. The molecular weight excluding hydrogens is 603 g/mol. The summed E-state index contributed by atoms with van der Waals surface area (Å²) in [5.41, 5.74) is 9.14. The van der Waals surface area contributed by atoms with Gasteiger partial charge in [0.25, 0.3) is 0 Å². The van der Waals surface area contributed by atoms with Gasteiger partial charge >= 0.3 is 0 Å². The van der Waals surface area contributed by atoms with Crippen molar-refractivity contribution in [2.24, 2.45) is 0 Å². The molecule has 9 rings (SSSR count). The summed E-state index contributed by atoms with van der Waals surface area (Å²) in [5, 5.41) is 5.51. The Morgan fingerprint density at radius 1 is 0.551 bits per heavy atom. The topological polar surface area (TPSA) is 57.2 Å². The average Bonchev–Trinajstić information content (AvgIpc) is 3.72. The van der Waals surface area contributed by atoms with Crippen LogP contribution in [-0.4, -0.2) is 23.9 Å². The van der Waals surface area contributed by atoms with Crippen LogP contribution in [0.4, 0.5) is 0 Å². The summed E-state index contributed by atoms with van der Waals surface area (Å²) in [5.74, 6) is 3.09. The molecule has 0 saturated carbocycles.